The van der Waals surface area contributed by atoms with E-state index in [0.717, 1.165) is 0 Å². The number of hydrogen-bond acceptors (Lipinski definition) is 5. The number of rotatable bonds is 6. The second-order valence-corrected chi connectivity index (χ2v) is 6.49. The molecule has 1 heterocycles. The predicted octanol–water partition coefficient (Wildman–Crippen LogP) is 5.62. The Hall–Kier alpha value is -4.07. The summed E-state index contributed by atoms with van der Waals surface area (Å²) in [6.45, 7) is 0. The van der Waals surface area contributed by atoms with E-state index in [1.165, 1.54) is 7.11 Å². The molecule has 0 aliphatic heterocycles. The maximum Gasteiger partial charge on any atom is 0.297 e. The van der Waals surface area contributed by atoms with Crippen LogP contribution in [0, 0.1) is 0 Å². The van der Waals surface area contributed by atoms with E-state index in [9.17, 15) is 13.6 Å². The van der Waals surface area contributed by atoms with Crippen molar-refractivity contribution < 1.29 is 23.0 Å². The Bertz CT molecular complexity index is 1230. The molecule has 31 heavy (non-hydrogen) atoms. The van der Waals surface area contributed by atoms with Gasteiger partial charge in [0.1, 0.15) is 11.5 Å². The molecule has 0 aliphatic carbocycles. The molecule has 0 fully saturated rings. The van der Waals surface area contributed by atoms with Gasteiger partial charge in [-0.1, -0.05) is 24.3 Å². The van der Waals surface area contributed by atoms with Gasteiger partial charge in [0.25, 0.3) is 12.3 Å². The zero-order valence-electron chi connectivity index (χ0n) is 16.4. The summed E-state index contributed by atoms with van der Waals surface area (Å²) in [5, 5.41) is 3.29. The molecule has 8 heteroatoms. The maximum absolute atomic E-state index is 13.2. The van der Waals surface area contributed by atoms with Crippen LogP contribution < -0.4 is 14.8 Å². The zero-order valence-corrected chi connectivity index (χ0v) is 16.4. The molecule has 0 spiro atoms. The van der Waals surface area contributed by atoms with Crippen LogP contribution in [0.15, 0.2) is 72.8 Å². The highest BCUT2D eigenvalue weighted by Crippen LogP contribution is 2.30. The van der Waals surface area contributed by atoms with Crippen LogP contribution in [0.2, 0.25) is 0 Å². The third-order valence-corrected chi connectivity index (χ3v) is 4.46. The first kappa shape index (κ1) is 20.2. The average molecular weight is 421 g/mol. The number of fused-ring (bicyclic) bond motifs is 1. The SMILES string of the molecule is COc1ccccc1C(=O)Nc1ccc(Oc2nc(C(F)F)nc3ccccc23)cc1. The number of anilines is 1. The van der Waals surface area contributed by atoms with Crippen LogP contribution in [0.3, 0.4) is 0 Å². The first-order valence-electron chi connectivity index (χ1n) is 9.32. The van der Waals surface area contributed by atoms with E-state index in [1.54, 1.807) is 72.8 Å². The van der Waals surface area contributed by atoms with E-state index in [1.807, 2.05) is 0 Å². The van der Waals surface area contributed by atoms with Crippen molar-refractivity contribution in [3.63, 3.8) is 0 Å². The number of benzene rings is 3. The van der Waals surface area contributed by atoms with Gasteiger partial charge in [-0.25, -0.2) is 13.8 Å². The molecule has 0 atom stereocenters. The number of aromatic nitrogens is 2. The third kappa shape index (κ3) is 4.42. The molecule has 4 aromatic rings. The van der Waals surface area contributed by atoms with Gasteiger partial charge in [0.05, 0.1) is 23.6 Å². The number of para-hydroxylation sites is 2. The number of amides is 1. The third-order valence-electron chi connectivity index (χ3n) is 4.46. The molecule has 0 saturated carbocycles. The average Bonchev–Trinajstić information content (AvgIpc) is 2.80. The Kier molecular flexibility index (Phi) is 5.70. The van der Waals surface area contributed by atoms with E-state index in [0.29, 0.717) is 33.7 Å². The van der Waals surface area contributed by atoms with Crippen molar-refractivity contribution in [1.29, 1.82) is 0 Å². The monoisotopic (exact) mass is 421 g/mol. The number of hydrogen-bond donors (Lipinski definition) is 1. The normalized spacial score (nSPS) is 10.8. The number of carbonyl (C=O) groups is 1. The second kappa shape index (κ2) is 8.74. The topological polar surface area (TPSA) is 73.3 Å². The quantitative estimate of drug-likeness (QED) is 0.437. The summed E-state index contributed by atoms with van der Waals surface area (Å²) in [5.74, 6) is -0.0552. The first-order chi connectivity index (χ1) is 15.0. The minimum absolute atomic E-state index is 0.0340. The summed E-state index contributed by atoms with van der Waals surface area (Å²) in [5.41, 5.74) is 1.30. The van der Waals surface area contributed by atoms with Crippen LogP contribution in [-0.4, -0.2) is 23.0 Å². The highest BCUT2D eigenvalue weighted by Gasteiger charge is 2.16. The van der Waals surface area contributed by atoms with Crippen molar-refractivity contribution in [2.24, 2.45) is 0 Å². The molecular weight excluding hydrogens is 404 g/mol. The predicted molar refractivity (Wildman–Crippen MR) is 112 cm³/mol. The van der Waals surface area contributed by atoms with Gasteiger partial charge in [-0.05, 0) is 48.5 Å². The molecule has 1 aromatic heterocycles. The van der Waals surface area contributed by atoms with Crippen LogP contribution in [0.5, 0.6) is 17.4 Å². The Morgan fingerprint density at radius 1 is 0.935 bits per heavy atom. The number of carbonyl (C=O) groups excluding carboxylic acids is 1. The molecule has 3 aromatic carbocycles. The fourth-order valence-electron chi connectivity index (χ4n) is 2.99. The van der Waals surface area contributed by atoms with Gasteiger partial charge in [-0.15, -0.1) is 0 Å². The molecular formula is C23H17F2N3O3. The summed E-state index contributed by atoms with van der Waals surface area (Å²) in [6.07, 6.45) is -2.82. The summed E-state index contributed by atoms with van der Waals surface area (Å²) in [4.78, 5) is 20.2. The zero-order chi connectivity index (χ0) is 21.8. The fourth-order valence-corrected chi connectivity index (χ4v) is 2.99. The van der Waals surface area contributed by atoms with Gasteiger partial charge in [-0.3, -0.25) is 4.79 Å². The molecule has 0 bridgehead atoms. The van der Waals surface area contributed by atoms with Crippen LogP contribution in [0.25, 0.3) is 10.9 Å². The number of methoxy groups -OCH3 is 1. The van der Waals surface area contributed by atoms with Crippen LogP contribution in [-0.2, 0) is 0 Å². The van der Waals surface area contributed by atoms with Gasteiger partial charge in [-0.2, -0.15) is 4.98 Å². The molecule has 0 aliphatic rings. The Morgan fingerprint density at radius 2 is 1.65 bits per heavy atom. The fraction of sp³-hybridized carbons (Fsp3) is 0.0870. The lowest BCUT2D eigenvalue weighted by Crippen LogP contribution is -2.13. The standard InChI is InChI=1S/C23H17F2N3O3/c1-30-19-9-5-3-7-17(19)22(29)26-14-10-12-15(13-11-14)31-23-16-6-2-4-8-18(16)27-21(28-23)20(24)25/h2-13,20H,1H3,(H,26,29). The van der Waals surface area contributed by atoms with Gasteiger partial charge < -0.3 is 14.8 Å². The minimum Gasteiger partial charge on any atom is -0.496 e. The molecule has 4 rings (SSSR count). The van der Waals surface area contributed by atoms with Gasteiger partial charge >= 0.3 is 0 Å². The van der Waals surface area contributed by atoms with Crippen molar-refractivity contribution in [3.05, 3.63) is 84.2 Å². The summed E-state index contributed by atoms with van der Waals surface area (Å²) in [6, 6.07) is 20.1. The van der Waals surface area contributed by atoms with E-state index in [4.69, 9.17) is 9.47 Å². The number of ether oxygens (including phenoxy) is 2. The van der Waals surface area contributed by atoms with Crippen molar-refractivity contribution in [3.8, 4) is 17.4 Å². The van der Waals surface area contributed by atoms with E-state index < -0.39 is 12.2 Å². The lowest BCUT2D eigenvalue weighted by atomic mass is 10.2. The van der Waals surface area contributed by atoms with Crippen molar-refractivity contribution >= 4 is 22.5 Å². The minimum atomic E-state index is -2.82. The lowest BCUT2D eigenvalue weighted by Gasteiger charge is -2.11. The molecule has 6 nitrogen and oxygen atoms in total. The van der Waals surface area contributed by atoms with E-state index >= 15 is 0 Å². The van der Waals surface area contributed by atoms with Crippen LogP contribution in [0.1, 0.15) is 22.6 Å². The molecule has 1 amide bonds. The molecule has 0 radical (unpaired) electrons. The van der Waals surface area contributed by atoms with Gasteiger partial charge in [0, 0.05) is 5.69 Å². The highest BCUT2D eigenvalue weighted by molar-refractivity contribution is 6.06. The highest BCUT2D eigenvalue weighted by atomic mass is 19.3. The molecule has 156 valence electrons. The maximum atomic E-state index is 13.2. The number of alkyl halides is 2. The summed E-state index contributed by atoms with van der Waals surface area (Å²) in [7, 11) is 1.49. The smallest absolute Gasteiger partial charge is 0.297 e. The Morgan fingerprint density at radius 3 is 2.39 bits per heavy atom. The van der Waals surface area contributed by atoms with Crippen molar-refractivity contribution in [1.82, 2.24) is 9.97 Å². The van der Waals surface area contributed by atoms with Gasteiger partial charge in [0.2, 0.25) is 5.88 Å². The van der Waals surface area contributed by atoms with Crippen LogP contribution >= 0.6 is 0 Å². The molecule has 1 N–H and O–H groups in total. The second-order valence-electron chi connectivity index (χ2n) is 6.49. The lowest BCUT2D eigenvalue weighted by molar-refractivity contribution is 0.102. The molecule has 0 saturated heterocycles. The summed E-state index contributed by atoms with van der Waals surface area (Å²) >= 11 is 0. The summed E-state index contributed by atoms with van der Waals surface area (Å²) < 4.78 is 37.3. The van der Waals surface area contributed by atoms with Crippen LogP contribution in [0.4, 0.5) is 14.5 Å². The Balaban J connectivity index is 1.55. The first-order valence-corrected chi connectivity index (χ1v) is 9.32. The number of nitrogens with zero attached hydrogens (tertiary/aromatic N) is 2. The molecule has 0 unspecified atom stereocenters. The largest absolute Gasteiger partial charge is 0.496 e. The van der Waals surface area contributed by atoms with Crippen molar-refractivity contribution in [2.45, 2.75) is 6.43 Å². The Labute approximate surface area is 176 Å². The number of halogens is 2. The van der Waals surface area contributed by atoms with Crippen molar-refractivity contribution in [2.75, 3.05) is 12.4 Å². The van der Waals surface area contributed by atoms with E-state index in [2.05, 4.69) is 15.3 Å². The number of nitrogens with one attached hydrogen (secondary N) is 1. The van der Waals surface area contributed by atoms with Gasteiger partial charge in [0.15, 0.2) is 5.82 Å². The van der Waals surface area contributed by atoms with E-state index in [-0.39, 0.29) is 11.8 Å².